The number of Topliss-reactive ketones (excluding diaryl/α,β-unsaturated/α-hetero) is 1. The highest BCUT2D eigenvalue weighted by molar-refractivity contribution is 6.30. The van der Waals surface area contributed by atoms with E-state index in [1.165, 1.54) is 16.0 Å². The van der Waals surface area contributed by atoms with Crippen LogP contribution in [0, 0.1) is 0 Å². The Kier molecular flexibility index (Phi) is 7.04. The van der Waals surface area contributed by atoms with Gasteiger partial charge < -0.3 is 9.64 Å². The van der Waals surface area contributed by atoms with Crippen molar-refractivity contribution in [3.8, 4) is 0 Å². The molecule has 29 heavy (non-hydrogen) atoms. The lowest BCUT2D eigenvalue weighted by atomic mass is 10.0. The van der Waals surface area contributed by atoms with Crippen molar-refractivity contribution in [2.24, 2.45) is 0 Å². The summed E-state index contributed by atoms with van der Waals surface area (Å²) in [6.45, 7) is 0.0559. The molecule has 0 N–H and O–H groups in total. The number of fused-ring (bicyclic) bond motifs is 1. The maximum atomic E-state index is 12.3. The van der Waals surface area contributed by atoms with Gasteiger partial charge in [-0.25, -0.2) is 0 Å². The zero-order valence-electron chi connectivity index (χ0n) is 16.4. The summed E-state index contributed by atoms with van der Waals surface area (Å²) in [7, 11) is 1.64. The summed E-state index contributed by atoms with van der Waals surface area (Å²) in [5, 5.41) is 0.631. The first-order chi connectivity index (χ1) is 13.9. The molecular weight excluding hydrogens is 390 g/mol. The van der Waals surface area contributed by atoms with Gasteiger partial charge in [-0.1, -0.05) is 35.9 Å². The fourth-order valence-corrected chi connectivity index (χ4v) is 3.51. The Bertz CT molecular complexity index is 908. The molecule has 1 amide bonds. The molecule has 0 saturated heterocycles. The second kappa shape index (κ2) is 9.70. The van der Waals surface area contributed by atoms with Crippen molar-refractivity contribution in [3.05, 3.63) is 69.7 Å². The van der Waals surface area contributed by atoms with E-state index in [-0.39, 0.29) is 31.1 Å². The number of hydrogen-bond acceptors (Lipinski definition) is 4. The fraction of sp³-hybridized carbons (Fsp3) is 0.348. The van der Waals surface area contributed by atoms with Crippen molar-refractivity contribution in [1.29, 1.82) is 0 Å². The molecule has 6 heteroatoms. The van der Waals surface area contributed by atoms with Gasteiger partial charge in [-0.05, 0) is 54.2 Å². The first-order valence-corrected chi connectivity index (χ1v) is 10.1. The average molecular weight is 414 g/mol. The third kappa shape index (κ3) is 5.91. The van der Waals surface area contributed by atoms with Crippen LogP contribution in [0.4, 0.5) is 0 Å². The Morgan fingerprint density at radius 1 is 1.00 bits per heavy atom. The van der Waals surface area contributed by atoms with Gasteiger partial charge in [0.05, 0.1) is 6.42 Å². The number of rotatable bonds is 8. The SMILES string of the molecule is CN(Cc1ccc(Cl)cc1)C(=O)COC(=O)CCC(=O)c1ccc2c(c1)CCC2. The summed E-state index contributed by atoms with van der Waals surface area (Å²) in [6, 6.07) is 13.0. The minimum absolute atomic E-state index is 0.0376. The fourth-order valence-electron chi connectivity index (χ4n) is 3.38. The molecule has 2 aromatic rings. The van der Waals surface area contributed by atoms with Crippen LogP contribution in [0.5, 0.6) is 0 Å². The normalized spacial score (nSPS) is 12.3. The third-order valence-corrected chi connectivity index (χ3v) is 5.34. The van der Waals surface area contributed by atoms with Crippen molar-refractivity contribution in [2.45, 2.75) is 38.6 Å². The van der Waals surface area contributed by atoms with E-state index >= 15 is 0 Å². The van der Waals surface area contributed by atoms with Crippen molar-refractivity contribution >= 4 is 29.3 Å². The molecule has 0 atom stereocenters. The van der Waals surface area contributed by atoms with Crippen LogP contribution in [0.1, 0.15) is 46.3 Å². The number of nitrogens with zero attached hydrogens (tertiary/aromatic N) is 1. The number of carbonyl (C=O) groups excluding carboxylic acids is 3. The highest BCUT2D eigenvalue weighted by atomic mass is 35.5. The van der Waals surface area contributed by atoms with Crippen LogP contribution in [-0.2, 0) is 33.7 Å². The second-order valence-electron chi connectivity index (χ2n) is 7.30. The zero-order valence-corrected chi connectivity index (χ0v) is 17.2. The van der Waals surface area contributed by atoms with E-state index in [2.05, 4.69) is 0 Å². The quantitative estimate of drug-likeness (QED) is 0.484. The minimum atomic E-state index is -0.548. The van der Waals surface area contributed by atoms with Crippen molar-refractivity contribution < 1.29 is 19.1 Å². The molecule has 0 spiro atoms. The molecular formula is C23H24ClNO4. The van der Waals surface area contributed by atoms with E-state index in [1.807, 2.05) is 30.3 Å². The molecule has 0 saturated carbocycles. The highest BCUT2D eigenvalue weighted by Crippen LogP contribution is 2.23. The van der Waals surface area contributed by atoms with Crippen LogP contribution in [0.2, 0.25) is 5.02 Å². The first-order valence-electron chi connectivity index (χ1n) is 9.71. The number of carbonyl (C=O) groups is 3. The van der Waals surface area contributed by atoms with E-state index in [1.54, 1.807) is 19.2 Å². The van der Waals surface area contributed by atoms with Gasteiger partial charge in [0.1, 0.15) is 0 Å². The smallest absolute Gasteiger partial charge is 0.306 e. The Hall–Kier alpha value is -2.66. The van der Waals surface area contributed by atoms with E-state index in [4.69, 9.17) is 16.3 Å². The number of aryl methyl sites for hydroxylation is 2. The monoisotopic (exact) mass is 413 g/mol. The van der Waals surface area contributed by atoms with Gasteiger partial charge in [0, 0.05) is 30.6 Å². The number of benzene rings is 2. The zero-order chi connectivity index (χ0) is 20.8. The van der Waals surface area contributed by atoms with Gasteiger partial charge in [-0.15, -0.1) is 0 Å². The largest absolute Gasteiger partial charge is 0.456 e. The van der Waals surface area contributed by atoms with E-state index < -0.39 is 5.97 Å². The summed E-state index contributed by atoms with van der Waals surface area (Å²) in [5.74, 6) is -0.936. The molecule has 0 aromatic heterocycles. The summed E-state index contributed by atoms with van der Waals surface area (Å²) >= 11 is 5.85. The maximum absolute atomic E-state index is 12.3. The van der Waals surface area contributed by atoms with Crippen LogP contribution >= 0.6 is 11.6 Å². The summed E-state index contributed by atoms with van der Waals surface area (Å²) in [4.78, 5) is 37.9. The number of hydrogen-bond donors (Lipinski definition) is 0. The Morgan fingerprint density at radius 3 is 2.48 bits per heavy atom. The van der Waals surface area contributed by atoms with Gasteiger partial charge in [0.2, 0.25) is 0 Å². The molecule has 5 nitrogen and oxygen atoms in total. The molecule has 1 aliphatic rings. The minimum Gasteiger partial charge on any atom is -0.456 e. The van der Waals surface area contributed by atoms with Gasteiger partial charge in [-0.3, -0.25) is 14.4 Å². The number of esters is 1. The Balaban J connectivity index is 1.40. The molecule has 0 fully saturated rings. The average Bonchev–Trinajstić information content (AvgIpc) is 3.19. The Morgan fingerprint density at radius 2 is 1.72 bits per heavy atom. The lowest BCUT2D eigenvalue weighted by Crippen LogP contribution is -2.30. The molecule has 0 unspecified atom stereocenters. The molecule has 0 radical (unpaired) electrons. The van der Waals surface area contributed by atoms with Gasteiger partial charge in [-0.2, -0.15) is 0 Å². The van der Waals surface area contributed by atoms with Gasteiger partial charge >= 0.3 is 5.97 Å². The predicted molar refractivity (Wildman–Crippen MR) is 111 cm³/mol. The van der Waals surface area contributed by atoms with Crippen molar-refractivity contribution in [1.82, 2.24) is 4.90 Å². The molecule has 2 aromatic carbocycles. The van der Waals surface area contributed by atoms with E-state index in [0.29, 0.717) is 17.1 Å². The lowest BCUT2D eigenvalue weighted by molar-refractivity contribution is -0.151. The van der Waals surface area contributed by atoms with Gasteiger partial charge in [0.15, 0.2) is 12.4 Å². The summed E-state index contributed by atoms with van der Waals surface area (Å²) < 4.78 is 5.04. The third-order valence-electron chi connectivity index (χ3n) is 5.09. The number of ether oxygens (including phenoxy) is 1. The topological polar surface area (TPSA) is 63.7 Å². The molecule has 0 bridgehead atoms. The molecule has 152 valence electrons. The number of likely N-dealkylation sites (N-methyl/N-ethyl adjacent to an activating group) is 1. The van der Waals surface area contributed by atoms with Crippen LogP contribution in [0.15, 0.2) is 42.5 Å². The second-order valence-corrected chi connectivity index (χ2v) is 7.73. The number of ketones is 1. The lowest BCUT2D eigenvalue weighted by Gasteiger charge is -2.17. The molecule has 1 aliphatic carbocycles. The molecule has 0 heterocycles. The molecule has 3 rings (SSSR count). The van der Waals surface area contributed by atoms with Crippen molar-refractivity contribution in [3.63, 3.8) is 0 Å². The summed E-state index contributed by atoms with van der Waals surface area (Å²) in [5.41, 5.74) is 4.10. The summed E-state index contributed by atoms with van der Waals surface area (Å²) in [6.07, 6.45) is 3.23. The standard InChI is InChI=1S/C23H24ClNO4/c1-25(14-16-5-9-20(24)10-6-16)22(27)15-29-23(28)12-11-21(26)19-8-7-17-3-2-4-18(17)13-19/h5-10,13H,2-4,11-12,14-15H2,1H3. The highest BCUT2D eigenvalue weighted by Gasteiger charge is 2.16. The van der Waals surface area contributed by atoms with Crippen LogP contribution in [-0.4, -0.2) is 36.2 Å². The molecule has 0 aliphatic heterocycles. The first kappa shape index (κ1) is 21.1. The van der Waals surface area contributed by atoms with Gasteiger partial charge in [0.25, 0.3) is 5.91 Å². The maximum Gasteiger partial charge on any atom is 0.306 e. The Labute approximate surface area is 175 Å². The number of amides is 1. The van der Waals surface area contributed by atoms with Crippen LogP contribution in [0.3, 0.4) is 0 Å². The van der Waals surface area contributed by atoms with Crippen molar-refractivity contribution in [2.75, 3.05) is 13.7 Å². The van der Waals surface area contributed by atoms with E-state index in [9.17, 15) is 14.4 Å². The number of halogens is 1. The van der Waals surface area contributed by atoms with E-state index in [0.717, 1.165) is 24.8 Å². The predicted octanol–water partition coefficient (Wildman–Crippen LogP) is 3.99. The van der Waals surface area contributed by atoms with Crippen LogP contribution in [0.25, 0.3) is 0 Å². The van der Waals surface area contributed by atoms with Crippen LogP contribution < -0.4 is 0 Å².